The predicted molar refractivity (Wildman–Crippen MR) is 47.0 cm³/mol. The molecule has 0 aromatic rings. The van der Waals surface area contributed by atoms with Gasteiger partial charge < -0.3 is 21.9 Å². The Morgan fingerprint density at radius 3 is 2.20 bits per heavy atom. The Bertz CT molecular complexity index is 246. The van der Waals surface area contributed by atoms with Crippen molar-refractivity contribution < 1.29 is 39.0 Å². The van der Waals surface area contributed by atoms with Gasteiger partial charge in [-0.2, -0.15) is 0 Å². The number of carboxylic acids is 1. The van der Waals surface area contributed by atoms with Crippen LogP contribution in [0.1, 0.15) is 12.8 Å². The quantitative estimate of drug-likeness (QED) is 0.405. The summed E-state index contributed by atoms with van der Waals surface area (Å²) in [5.74, 6) is -2.41. The first kappa shape index (κ1) is 16.4. The first-order valence-electron chi connectivity index (χ1n) is 3.98. The molecule has 0 heterocycles. The number of hydrogen-bond donors (Lipinski definition) is 4. The molecule has 0 aromatic heterocycles. The molecule has 1 atom stereocenters. The van der Waals surface area contributed by atoms with Crippen LogP contribution < -0.4 is 16.8 Å². The van der Waals surface area contributed by atoms with E-state index >= 15 is 0 Å². The van der Waals surface area contributed by atoms with Gasteiger partial charge in [-0.1, -0.05) is 0 Å². The van der Waals surface area contributed by atoms with Crippen LogP contribution in [0.2, 0.25) is 0 Å². The summed E-state index contributed by atoms with van der Waals surface area (Å²) in [5.41, 5.74) is 9.81. The smallest absolute Gasteiger partial charge is 0.326 e. The molecule has 15 heavy (non-hydrogen) atoms. The van der Waals surface area contributed by atoms with Crippen molar-refractivity contribution in [3.63, 3.8) is 0 Å². The fourth-order valence-corrected chi connectivity index (χ4v) is 0.797. The van der Waals surface area contributed by atoms with Gasteiger partial charge in [-0.15, -0.1) is 0 Å². The van der Waals surface area contributed by atoms with Gasteiger partial charge in [0.2, 0.25) is 11.8 Å². The van der Waals surface area contributed by atoms with E-state index in [0.29, 0.717) is 0 Å². The van der Waals surface area contributed by atoms with E-state index < -0.39 is 23.8 Å². The van der Waals surface area contributed by atoms with Gasteiger partial charge in [0, 0.05) is 25.9 Å². The van der Waals surface area contributed by atoms with Crippen LogP contribution in [0.3, 0.4) is 0 Å². The second-order valence-electron chi connectivity index (χ2n) is 2.67. The van der Waals surface area contributed by atoms with Crippen molar-refractivity contribution in [1.29, 1.82) is 0 Å². The minimum absolute atomic E-state index is 0. The van der Waals surface area contributed by atoms with E-state index in [0.717, 1.165) is 0 Å². The number of carboxylic acid groups (broad SMARTS) is 1. The second-order valence-corrected chi connectivity index (χ2v) is 2.67. The summed E-state index contributed by atoms with van der Waals surface area (Å²) in [6, 6.07) is -1.11. The number of amides is 2. The number of nitrogens with one attached hydrogen (secondary N) is 1. The summed E-state index contributed by atoms with van der Waals surface area (Å²) < 4.78 is 0. The zero-order chi connectivity index (χ0) is 11.1. The summed E-state index contributed by atoms with van der Waals surface area (Å²) in [7, 11) is 0. The molecule has 1 unspecified atom stereocenters. The summed E-state index contributed by atoms with van der Waals surface area (Å²) in [5, 5.41) is 10.8. The molecule has 0 aliphatic rings. The van der Waals surface area contributed by atoms with E-state index in [1.807, 2.05) is 0 Å². The van der Waals surface area contributed by atoms with Crippen molar-refractivity contribution in [3.05, 3.63) is 0 Å². The van der Waals surface area contributed by atoms with Gasteiger partial charge in [-0.25, -0.2) is 4.79 Å². The van der Waals surface area contributed by atoms with E-state index in [9.17, 15) is 14.4 Å². The normalized spacial score (nSPS) is 11.0. The maximum atomic E-state index is 10.8. The SMILES string of the molecule is NCC(=O)NC(CCC(N)=O)C(=O)O.[Zn]. The molecule has 0 aliphatic heterocycles. The molecule has 82 valence electrons. The van der Waals surface area contributed by atoms with Crippen LogP contribution in [-0.4, -0.2) is 35.5 Å². The fraction of sp³-hybridized carbons (Fsp3) is 0.571. The maximum Gasteiger partial charge on any atom is 0.326 e. The third kappa shape index (κ3) is 8.02. The van der Waals surface area contributed by atoms with E-state index in [4.69, 9.17) is 16.6 Å². The average Bonchev–Trinajstić information content (AvgIpc) is 2.10. The number of primary amides is 1. The Morgan fingerprint density at radius 2 is 1.87 bits per heavy atom. The molecular weight excluding hydrogens is 255 g/mol. The van der Waals surface area contributed by atoms with Crippen molar-refractivity contribution in [1.82, 2.24) is 5.32 Å². The zero-order valence-electron chi connectivity index (χ0n) is 8.23. The third-order valence-electron chi connectivity index (χ3n) is 1.50. The van der Waals surface area contributed by atoms with Gasteiger partial charge in [0.25, 0.3) is 0 Å². The molecule has 0 spiro atoms. The Kier molecular flexibility index (Phi) is 9.10. The summed E-state index contributed by atoms with van der Waals surface area (Å²) in [4.78, 5) is 31.7. The Morgan fingerprint density at radius 1 is 1.33 bits per heavy atom. The molecule has 0 saturated heterocycles. The van der Waals surface area contributed by atoms with E-state index in [1.165, 1.54) is 0 Å². The van der Waals surface area contributed by atoms with Crippen LogP contribution in [0.15, 0.2) is 0 Å². The van der Waals surface area contributed by atoms with Crippen LogP contribution in [-0.2, 0) is 33.9 Å². The summed E-state index contributed by atoms with van der Waals surface area (Å²) in [6.07, 6.45) is -0.127. The Balaban J connectivity index is 0. The van der Waals surface area contributed by atoms with Gasteiger partial charge >= 0.3 is 5.97 Å². The minimum atomic E-state index is -1.21. The minimum Gasteiger partial charge on any atom is -0.480 e. The van der Waals surface area contributed by atoms with Crippen molar-refractivity contribution in [2.24, 2.45) is 11.5 Å². The monoisotopic (exact) mass is 267 g/mol. The maximum absolute atomic E-state index is 10.8. The number of aliphatic carboxylic acids is 1. The molecule has 0 rings (SSSR count). The average molecular weight is 269 g/mol. The Labute approximate surface area is 99.3 Å². The molecule has 0 saturated carbocycles. The van der Waals surface area contributed by atoms with Crippen LogP contribution >= 0.6 is 0 Å². The van der Waals surface area contributed by atoms with Crippen LogP contribution in [0.4, 0.5) is 0 Å². The van der Waals surface area contributed by atoms with Gasteiger partial charge in [0.1, 0.15) is 6.04 Å². The molecule has 6 N–H and O–H groups in total. The van der Waals surface area contributed by atoms with Crippen molar-refractivity contribution in [3.8, 4) is 0 Å². The summed E-state index contributed by atoms with van der Waals surface area (Å²) in [6.45, 7) is -0.291. The molecule has 0 aliphatic carbocycles. The zero-order valence-corrected chi connectivity index (χ0v) is 11.2. The molecule has 0 aromatic carbocycles. The number of carbonyl (C=O) groups is 3. The van der Waals surface area contributed by atoms with Gasteiger partial charge in [-0.05, 0) is 6.42 Å². The topological polar surface area (TPSA) is 136 Å². The third-order valence-corrected chi connectivity index (χ3v) is 1.50. The van der Waals surface area contributed by atoms with Crippen LogP contribution in [0.25, 0.3) is 0 Å². The molecule has 2 amide bonds. The fourth-order valence-electron chi connectivity index (χ4n) is 0.797. The molecule has 7 nitrogen and oxygen atoms in total. The first-order valence-corrected chi connectivity index (χ1v) is 3.98. The largest absolute Gasteiger partial charge is 0.480 e. The first-order chi connectivity index (χ1) is 6.47. The van der Waals surface area contributed by atoms with E-state index in [1.54, 1.807) is 0 Å². The molecule has 0 radical (unpaired) electrons. The number of hydrogen-bond acceptors (Lipinski definition) is 4. The van der Waals surface area contributed by atoms with Gasteiger partial charge in [0.05, 0.1) is 6.54 Å². The molecule has 0 bridgehead atoms. The number of rotatable bonds is 6. The molecule has 0 fully saturated rings. The van der Waals surface area contributed by atoms with Crippen molar-refractivity contribution in [2.75, 3.05) is 6.54 Å². The standard InChI is InChI=1S/C7H13N3O4.Zn/c8-3-6(12)10-4(7(13)14)1-2-5(9)11;/h4H,1-3,8H2,(H2,9,11)(H,10,12)(H,13,14);. The predicted octanol–water partition coefficient (Wildman–Crippen LogP) is -2.22. The van der Waals surface area contributed by atoms with Crippen LogP contribution in [0, 0.1) is 0 Å². The van der Waals surface area contributed by atoms with E-state index in [-0.39, 0.29) is 38.9 Å². The van der Waals surface area contributed by atoms with Gasteiger partial charge in [-0.3, -0.25) is 9.59 Å². The van der Waals surface area contributed by atoms with Crippen molar-refractivity contribution >= 4 is 17.8 Å². The number of carbonyl (C=O) groups excluding carboxylic acids is 2. The van der Waals surface area contributed by atoms with Crippen LogP contribution in [0.5, 0.6) is 0 Å². The van der Waals surface area contributed by atoms with Crippen molar-refractivity contribution in [2.45, 2.75) is 18.9 Å². The second kappa shape index (κ2) is 8.31. The van der Waals surface area contributed by atoms with E-state index in [2.05, 4.69) is 5.32 Å². The Hall–Kier alpha value is -1.01. The number of nitrogens with two attached hydrogens (primary N) is 2. The van der Waals surface area contributed by atoms with Gasteiger partial charge in [0.15, 0.2) is 0 Å². The molecule has 8 heteroatoms. The molecular formula is C7H13N3O4Zn. The summed E-state index contributed by atoms with van der Waals surface area (Å²) >= 11 is 0.